The van der Waals surface area contributed by atoms with Gasteiger partial charge in [-0.05, 0) is 30.3 Å². The number of imidazole rings is 1. The second kappa shape index (κ2) is 5.03. The van der Waals surface area contributed by atoms with Crippen LogP contribution in [0, 0.1) is 0 Å². The smallest absolute Gasteiger partial charge is 0.291 e. The van der Waals surface area contributed by atoms with Crippen molar-refractivity contribution < 1.29 is 13.5 Å². The molecule has 0 aliphatic carbocycles. The highest BCUT2D eigenvalue weighted by Gasteiger charge is 2.14. The molecule has 7 nitrogen and oxygen atoms in total. The van der Waals surface area contributed by atoms with E-state index in [1.54, 1.807) is 18.2 Å². The number of aliphatic imine (C=N–C) groups is 1. The molecule has 1 aliphatic rings. The van der Waals surface area contributed by atoms with E-state index in [1.165, 1.54) is 6.26 Å². The van der Waals surface area contributed by atoms with Crippen LogP contribution in [-0.2, 0) is 0 Å². The van der Waals surface area contributed by atoms with E-state index < -0.39 is 0 Å². The van der Waals surface area contributed by atoms with Gasteiger partial charge in [0.25, 0.3) is 5.91 Å². The first-order valence-corrected chi connectivity index (χ1v) is 6.93. The van der Waals surface area contributed by atoms with E-state index >= 15 is 0 Å². The van der Waals surface area contributed by atoms with E-state index in [4.69, 9.17) is 4.42 Å². The Morgan fingerprint density at radius 1 is 1.36 bits per heavy atom. The van der Waals surface area contributed by atoms with Crippen molar-refractivity contribution in [2.24, 2.45) is 4.99 Å². The summed E-state index contributed by atoms with van der Waals surface area (Å²) in [5, 5.41) is 5.96. The zero-order chi connectivity index (χ0) is 14.9. The average Bonchev–Trinajstić information content (AvgIpc) is 3.26. The van der Waals surface area contributed by atoms with Crippen molar-refractivity contribution in [2.75, 3.05) is 18.4 Å². The summed E-state index contributed by atoms with van der Waals surface area (Å²) >= 11 is 0. The molecular weight excluding hydrogens is 282 g/mol. The highest BCUT2D eigenvalue weighted by Crippen LogP contribution is 2.18. The number of amides is 1. The van der Waals surface area contributed by atoms with Crippen LogP contribution in [0.15, 0.2) is 46.0 Å². The Kier molecular flexibility index (Phi) is 2.89. The predicted molar refractivity (Wildman–Crippen MR) is 88.5 cm³/mol. The third-order valence-electron chi connectivity index (χ3n) is 3.38. The summed E-state index contributed by atoms with van der Waals surface area (Å²) in [6.07, 6.45) is 1.47. The highest BCUT2D eigenvalue weighted by atomic mass is 16.3. The molecule has 2 aromatic heterocycles. The van der Waals surface area contributed by atoms with Gasteiger partial charge in [-0.15, -0.1) is 0 Å². The molecule has 0 atom stereocenters. The monoisotopic (exact) mass is 301 g/mol. The summed E-state index contributed by atoms with van der Waals surface area (Å²) in [4.78, 5) is 24.0. The van der Waals surface area contributed by atoms with Crippen molar-refractivity contribution in [3.63, 3.8) is 0 Å². The van der Waals surface area contributed by atoms with Crippen LogP contribution in [0.2, 0.25) is 0 Å². The van der Waals surface area contributed by atoms with E-state index in [0.29, 0.717) is 11.5 Å². The minimum Gasteiger partial charge on any atom is -0.459 e. The maximum Gasteiger partial charge on any atom is 0.291 e. The number of aromatic amines is 1. The number of rotatable bonds is 3. The minimum absolute atomic E-state index is 0. The van der Waals surface area contributed by atoms with Gasteiger partial charge in [0.2, 0.25) is 0 Å². The molecule has 1 amide bonds. The van der Waals surface area contributed by atoms with Gasteiger partial charge < -0.3 is 20.0 Å². The number of H-pyrrole nitrogens is 1. The quantitative estimate of drug-likeness (QED) is 0.692. The topological polar surface area (TPSA) is 95.3 Å². The first-order valence-electron chi connectivity index (χ1n) is 6.93. The van der Waals surface area contributed by atoms with Gasteiger partial charge in [0.05, 0.1) is 23.8 Å². The van der Waals surface area contributed by atoms with E-state index in [0.717, 1.165) is 30.0 Å². The molecule has 4 rings (SSSR count). The molecule has 3 N–H and O–H groups in total. The van der Waals surface area contributed by atoms with Gasteiger partial charge in [-0.3, -0.25) is 9.79 Å². The van der Waals surface area contributed by atoms with Crippen molar-refractivity contribution >= 4 is 28.5 Å². The van der Waals surface area contributed by atoms with Crippen molar-refractivity contribution in [1.82, 2.24) is 15.3 Å². The van der Waals surface area contributed by atoms with E-state index in [9.17, 15) is 4.79 Å². The van der Waals surface area contributed by atoms with Crippen LogP contribution in [0.3, 0.4) is 0 Å². The fourth-order valence-electron chi connectivity index (χ4n) is 2.36. The number of carbonyl (C=O) groups excluding carboxylic acids is 1. The first kappa shape index (κ1) is 12.6. The van der Waals surface area contributed by atoms with Crippen LogP contribution >= 0.6 is 0 Å². The number of nitrogens with one attached hydrogen (secondary N) is 3. The molecule has 0 saturated carbocycles. The standard InChI is InChI=1S/C15H13N5O2.3H2/c21-15(12-2-1-7-22-12)18-9-3-4-10-11(8-9)20-14(19-10)13-16-5-6-17-13;;;/h1-4,7-8H,5-6H2,(H,16,17)(H,18,21)(H,19,20);3*1H. The van der Waals surface area contributed by atoms with Crippen LogP contribution in [0.5, 0.6) is 0 Å². The largest absolute Gasteiger partial charge is 0.459 e. The van der Waals surface area contributed by atoms with Gasteiger partial charge in [0, 0.05) is 16.5 Å². The number of fused-ring (bicyclic) bond motifs is 1. The van der Waals surface area contributed by atoms with Crippen molar-refractivity contribution in [2.45, 2.75) is 0 Å². The first-order chi connectivity index (χ1) is 10.8. The Balaban J connectivity index is 0.00000104. The van der Waals surface area contributed by atoms with Crippen LogP contribution in [0.1, 0.15) is 20.7 Å². The van der Waals surface area contributed by atoms with Gasteiger partial charge in [-0.1, -0.05) is 0 Å². The van der Waals surface area contributed by atoms with Crippen LogP contribution in [-0.4, -0.2) is 34.8 Å². The maximum atomic E-state index is 12.0. The summed E-state index contributed by atoms with van der Waals surface area (Å²) in [7, 11) is 0. The summed E-state index contributed by atoms with van der Waals surface area (Å²) in [5.41, 5.74) is 2.33. The Morgan fingerprint density at radius 3 is 3.09 bits per heavy atom. The Hall–Kier alpha value is -3.09. The Morgan fingerprint density at radius 2 is 2.32 bits per heavy atom. The molecule has 7 heteroatoms. The van der Waals surface area contributed by atoms with Crippen molar-refractivity contribution in [1.29, 1.82) is 0 Å². The molecular formula is C15H19N5O2. The lowest BCUT2D eigenvalue weighted by Gasteiger charge is -2.02. The summed E-state index contributed by atoms with van der Waals surface area (Å²) in [5.74, 6) is 1.47. The van der Waals surface area contributed by atoms with Crippen molar-refractivity contribution in [3.8, 4) is 0 Å². The zero-order valence-corrected chi connectivity index (χ0v) is 11.6. The number of carbonyl (C=O) groups is 1. The normalized spacial score (nSPS) is 13.9. The minimum atomic E-state index is -0.286. The molecule has 0 bridgehead atoms. The fraction of sp³-hybridized carbons (Fsp3) is 0.133. The number of furan rings is 1. The van der Waals surface area contributed by atoms with Crippen LogP contribution in [0.4, 0.5) is 5.69 Å². The SMILES string of the molecule is O=C(Nc1ccc2nc(C3=NCCN3)[nH]c2c1)c1ccco1.[HH].[HH].[HH]. The summed E-state index contributed by atoms with van der Waals surface area (Å²) < 4.78 is 5.07. The number of aromatic nitrogens is 2. The number of anilines is 1. The molecule has 0 spiro atoms. The number of hydrogen-bond acceptors (Lipinski definition) is 5. The maximum absolute atomic E-state index is 12.0. The molecule has 0 radical (unpaired) electrons. The molecule has 22 heavy (non-hydrogen) atoms. The molecule has 1 aliphatic heterocycles. The third-order valence-corrected chi connectivity index (χ3v) is 3.38. The lowest BCUT2D eigenvalue weighted by molar-refractivity contribution is 0.0996. The van der Waals surface area contributed by atoms with Crippen LogP contribution in [0.25, 0.3) is 11.0 Å². The Labute approximate surface area is 129 Å². The molecule has 0 saturated heterocycles. The molecule has 0 unspecified atom stereocenters. The van der Waals surface area contributed by atoms with Crippen molar-refractivity contribution in [3.05, 3.63) is 48.2 Å². The van der Waals surface area contributed by atoms with Gasteiger partial charge in [-0.25, -0.2) is 4.98 Å². The number of hydrogen-bond donors (Lipinski definition) is 3. The highest BCUT2D eigenvalue weighted by molar-refractivity contribution is 6.03. The lowest BCUT2D eigenvalue weighted by atomic mass is 10.2. The molecule has 0 fully saturated rings. The third kappa shape index (κ3) is 2.22. The summed E-state index contributed by atoms with van der Waals surface area (Å²) in [6.45, 7) is 1.59. The average molecular weight is 301 g/mol. The zero-order valence-electron chi connectivity index (χ0n) is 11.6. The van der Waals surface area contributed by atoms with E-state index in [2.05, 4.69) is 25.6 Å². The Bertz CT molecular complexity index is 877. The van der Waals surface area contributed by atoms with Gasteiger partial charge in [0.1, 0.15) is 0 Å². The number of nitrogens with zero attached hydrogens (tertiary/aromatic N) is 2. The lowest BCUT2D eigenvalue weighted by Crippen LogP contribution is -2.20. The van der Waals surface area contributed by atoms with Crippen LogP contribution < -0.4 is 10.6 Å². The fourth-order valence-corrected chi connectivity index (χ4v) is 2.36. The van der Waals surface area contributed by atoms with Gasteiger partial charge in [-0.2, -0.15) is 0 Å². The van der Waals surface area contributed by atoms with Gasteiger partial charge in [0.15, 0.2) is 17.4 Å². The second-order valence-electron chi connectivity index (χ2n) is 4.91. The molecule has 116 valence electrons. The second-order valence-corrected chi connectivity index (χ2v) is 4.91. The summed E-state index contributed by atoms with van der Waals surface area (Å²) in [6, 6.07) is 8.78. The molecule has 1 aromatic carbocycles. The molecule has 3 aromatic rings. The van der Waals surface area contributed by atoms with E-state index in [-0.39, 0.29) is 15.9 Å². The van der Waals surface area contributed by atoms with E-state index in [1.807, 2.05) is 12.1 Å². The predicted octanol–water partition coefficient (Wildman–Crippen LogP) is 2.50. The molecule has 3 heterocycles. The van der Waals surface area contributed by atoms with Gasteiger partial charge >= 0.3 is 0 Å². The number of benzene rings is 1. The number of amidine groups is 1.